The minimum atomic E-state index is -0.183. The van der Waals surface area contributed by atoms with E-state index in [-0.39, 0.29) is 5.91 Å². The van der Waals surface area contributed by atoms with Gasteiger partial charge in [-0.3, -0.25) is 9.48 Å². The van der Waals surface area contributed by atoms with Crippen molar-refractivity contribution in [1.82, 2.24) is 9.78 Å². The molecular formula is C27H32N4O2S. The van der Waals surface area contributed by atoms with Crippen molar-refractivity contribution in [1.29, 1.82) is 0 Å². The largest absolute Gasteiger partial charge is 0.400 e. The summed E-state index contributed by atoms with van der Waals surface area (Å²) in [6.45, 7) is 9.97. The Bertz CT molecular complexity index is 1180. The average Bonchev–Trinajstić information content (AvgIpc) is 3.48. The molecule has 0 saturated heterocycles. The number of carbonyl (C=O) groups is 1. The number of anilines is 2. The number of hydrogen-bond donors (Lipinski definition) is 3. The lowest BCUT2D eigenvalue weighted by atomic mass is 10.1. The molecule has 0 unspecified atom stereocenters. The van der Waals surface area contributed by atoms with Gasteiger partial charge in [0.15, 0.2) is 0 Å². The molecule has 4 aromatic rings. The lowest BCUT2D eigenvalue weighted by molar-refractivity contribution is 0.102. The lowest BCUT2D eigenvalue weighted by Gasteiger charge is -2.10. The van der Waals surface area contributed by atoms with Gasteiger partial charge >= 0.3 is 0 Å². The van der Waals surface area contributed by atoms with Crippen LogP contribution in [0, 0.1) is 13.8 Å². The van der Waals surface area contributed by atoms with Gasteiger partial charge in [-0.2, -0.15) is 5.10 Å². The molecular weight excluding hydrogens is 444 g/mol. The van der Waals surface area contributed by atoms with E-state index in [1.807, 2.05) is 91.6 Å². The van der Waals surface area contributed by atoms with E-state index in [0.717, 1.165) is 28.8 Å². The first-order valence-corrected chi connectivity index (χ1v) is 11.7. The monoisotopic (exact) mass is 476 g/mol. The number of hydrogen-bond acceptors (Lipinski definition) is 5. The van der Waals surface area contributed by atoms with E-state index in [9.17, 15) is 4.79 Å². The quantitative estimate of drug-likeness (QED) is 0.246. The number of allylic oxidation sites excluding steroid dienone is 1. The minimum Gasteiger partial charge on any atom is -0.400 e. The second kappa shape index (κ2) is 13.1. The van der Waals surface area contributed by atoms with E-state index in [1.54, 1.807) is 17.4 Å². The fraction of sp³-hybridized carbons (Fsp3) is 0.185. The molecule has 0 atom stereocenters. The van der Waals surface area contributed by atoms with E-state index in [1.165, 1.54) is 5.56 Å². The molecule has 1 amide bonds. The number of amides is 1. The molecule has 6 nitrogen and oxygen atoms in total. The molecule has 2 aromatic carbocycles. The van der Waals surface area contributed by atoms with Crippen LogP contribution < -0.4 is 11.1 Å². The van der Waals surface area contributed by atoms with E-state index < -0.39 is 0 Å². The molecule has 4 rings (SSSR count). The number of nitrogen functional groups attached to an aromatic ring is 1. The molecule has 0 aliphatic heterocycles. The number of aryl methyl sites for hydroxylation is 2. The van der Waals surface area contributed by atoms with Crippen LogP contribution in [0.4, 0.5) is 11.4 Å². The maximum atomic E-state index is 12.7. The summed E-state index contributed by atoms with van der Waals surface area (Å²) in [5, 5.41) is 16.4. The second-order valence-electron chi connectivity index (χ2n) is 7.43. The molecule has 0 radical (unpaired) electrons. The van der Waals surface area contributed by atoms with Crippen LogP contribution in [-0.2, 0) is 6.54 Å². The Morgan fingerprint density at radius 2 is 1.85 bits per heavy atom. The number of aromatic nitrogens is 2. The third-order valence-electron chi connectivity index (χ3n) is 4.86. The predicted octanol–water partition coefficient (Wildman–Crippen LogP) is 5.91. The summed E-state index contributed by atoms with van der Waals surface area (Å²) in [4.78, 5) is 13.8. The smallest absolute Gasteiger partial charge is 0.255 e. The highest BCUT2D eigenvalue weighted by Crippen LogP contribution is 2.30. The van der Waals surface area contributed by atoms with Crippen molar-refractivity contribution in [3.63, 3.8) is 0 Å². The first-order chi connectivity index (χ1) is 16.4. The van der Waals surface area contributed by atoms with Gasteiger partial charge in [0.25, 0.3) is 5.91 Å². The van der Waals surface area contributed by atoms with Crippen LogP contribution in [0.25, 0.3) is 10.4 Å². The van der Waals surface area contributed by atoms with E-state index in [2.05, 4.69) is 17.0 Å². The first kappa shape index (κ1) is 26.6. The van der Waals surface area contributed by atoms with Crippen molar-refractivity contribution in [2.24, 2.45) is 0 Å². The number of aliphatic hydroxyl groups is 1. The van der Waals surface area contributed by atoms with Gasteiger partial charge in [0, 0.05) is 23.7 Å². The molecule has 34 heavy (non-hydrogen) atoms. The molecule has 2 aromatic heterocycles. The zero-order valence-electron chi connectivity index (χ0n) is 20.1. The van der Waals surface area contributed by atoms with Crippen molar-refractivity contribution in [3.05, 3.63) is 101 Å². The van der Waals surface area contributed by atoms with E-state index in [4.69, 9.17) is 10.8 Å². The van der Waals surface area contributed by atoms with Crippen LogP contribution in [0.1, 0.15) is 34.1 Å². The molecule has 2 heterocycles. The van der Waals surface area contributed by atoms with Crippen LogP contribution in [0.15, 0.2) is 78.8 Å². The number of thiophene rings is 1. The summed E-state index contributed by atoms with van der Waals surface area (Å²) in [5.41, 5.74) is 12.1. The van der Waals surface area contributed by atoms with Gasteiger partial charge in [-0.15, -0.1) is 17.9 Å². The van der Waals surface area contributed by atoms with Crippen molar-refractivity contribution in [2.75, 3.05) is 18.2 Å². The Hall–Kier alpha value is -3.68. The molecule has 0 spiro atoms. The maximum Gasteiger partial charge on any atom is 0.255 e. The number of nitrogens with two attached hydrogens (primary N) is 1. The Morgan fingerprint density at radius 1 is 1.18 bits per heavy atom. The third kappa shape index (κ3) is 7.16. The minimum absolute atomic E-state index is 0.183. The van der Waals surface area contributed by atoms with Gasteiger partial charge in [-0.05, 0) is 73.2 Å². The molecule has 7 heteroatoms. The average molecular weight is 477 g/mol. The first-order valence-electron chi connectivity index (χ1n) is 10.8. The Morgan fingerprint density at radius 3 is 2.41 bits per heavy atom. The fourth-order valence-electron chi connectivity index (χ4n) is 3.10. The number of rotatable bonds is 5. The van der Waals surface area contributed by atoms with Gasteiger partial charge in [0.2, 0.25) is 0 Å². The summed E-state index contributed by atoms with van der Waals surface area (Å²) >= 11 is 1.65. The Balaban J connectivity index is 0.000000758. The van der Waals surface area contributed by atoms with Crippen molar-refractivity contribution < 1.29 is 9.90 Å². The fourth-order valence-corrected chi connectivity index (χ4v) is 3.83. The lowest BCUT2D eigenvalue weighted by Crippen LogP contribution is -2.13. The van der Waals surface area contributed by atoms with Gasteiger partial charge in [-0.1, -0.05) is 30.3 Å². The number of nitrogens with one attached hydrogen (secondary N) is 1. The van der Waals surface area contributed by atoms with Crippen LogP contribution in [0.3, 0.4) is 0 Å². The number of nitrogens with zero attached hydrogens (tertiary/aromatic N) is 2. The number of carbonyl (C=O) groups excluding carboxylic acids is 1. The second-order valence-corrected chi connectivity index (χ2v) is 8.38. The summed E-state index contributed by atoms with van der Waals surface area (Å²) in [5.74, 6) is -0.183. The zero-order valence-corrected chi connectivity index (χ0v) is 20.9. The van der Waals surface area contributed by atoms with E-state index in [0.29, 0.717) is 23.5 Å². The van der Waals surface area contributed by atoms with Crippen LogP contribution in [0.5, 0.6) is 0 Å². The Labute approximate surface area is 205 Å². The summed E-state index contributed by atoms with van der Waals surface area (Å²) in [6, 6.07) is 17.3. The molecule has 178 valence electrons. The highest BCUT2D eigenvalue weighted by atomic mass is 32.1. The normalized spacial score (nSPS) is 9.79. The molecule has 0 saturated carbocycles. The number of benzene rings is 2. The standard InChI is InChI=1S/C23H22N4OS.C3H6.CH4O/c1-15-13-27(26-16(15)2)14-17-5-7-18(8-6-17)23(28)25-21-12-19(9-10-20(21)24)22-4-3-11-29-22;1-3-2;1-2/h3-13H,14,24H2,1-2H3,(H,25,28);3H,1H2,2H3;2H,1H3. The third-order valence-corrected chi connectivity index (χ3v) is 5.78. The van der Waals surface area contributed by atoms with Crippen molar-refractivity contribution in [3.8, 4) is 10.4 Å². The summed E-state index contributed by atoms with van der Waals surface area (Å²) < 4.78 is 1.91. The van der Waals surface area contributed by atoms with Crippen LogP contribution in [-0.4, -0.2) is 27.9 Å². The number of aliphatic hydroxyl groups excluding tert-OH is 1. The molecule has 0 aliphatic rings. The summed E-state index contributed by atoms with van der Waals surface area (Å²) in [7, 11) is 1.00. The van der Waals surface area contributed by atoms with Gasteiger partial charge in [-0.25, -0.2) is 0 Å². The predicted molar refractivity (Wildman–Crippen MR) is 143 cm³/mol. The highest BCUT2D eigenvalue weighted by molar-refractivity contribution is 7.13. The topological polar surface area (TPSA) is 93.2 Å². The molecule has 0 fully saturated rings. The molecule has 0 bridgehead atoms. The highest BCUT2D eigenvalue weighted by Gasteiger charge is 2.10. The van der Waals surface area contributed by atoms with Gasteiger partial charge in [0.1, 0.15) is 0 Å². The van der Waals surface area contributed by atoms with Gasteiger partial charge in [0.05, 0.1) is 23.6 Å². The van der Waals surface area contributed by atoms with Crippen molar-refractivity contribution in [2.45, 2.75) is 27.3 Å². The van der Waals surface area contributed by atoms with Crippen LogP contribution >= 0.6 is 11.3 Å². The molecule has 4 N–H and O–H groups in total. The summed E-state index contributed by atoms with van der Waals surface area (Å²) in [6.07, 6.45) is 3.78. The molecule has 0 aliphatic carbocycles. The van der Waals surface area contributed by atoms with Crippen LogP contribution in [0.2, 0.25) is 0 Å². The Kier molecular flexibility index (Phi) is 10.3. The maximum absolute atomic E-state index is 12.7. The zero-order chi connectivity index (χ0) is 25.1. The van der Waals surface area contributed by atoms with E-state index >= 15 is 0 Å². The van der Waals surface area contributed by atoms with Gasteiger partial charge < -0.3 is 16.2 Å². The van der Waals surface area contributed by atoms with Crippen molar-refractivity contribution >= 4 is 28.6 Å². The SMILES string of the molecule is C=CC.CO.Cc1cn(Cc2ccc(C(=O)Nc3cc(-c4cccs4)ccc3N)cc2)nc1C.